The van der Waals surface area contributed by atoms with Crippen LogP contribution in [0.3, 0.4) is 0 Å². The third-order valence-electron chi connectivity index (χ3n) is 2.91. The number of hydrogen-bond acceptors (Lipinski definition) is 4. The van der Waals surface area contributed by atoms with E-state index in [0.717, 1.165) is 5.56 Å². The van der Waals surface area contributed by atoms with Crippen molar-refractivity contribution < 1.29 is 14.6 Å². The van der Waals surface area contributed by atoms with E-state index in [2.05, 4.69) is 10.6 Å². The van der Waals surface area contributed by atoms with E-state index in [1.165, 1.54) is 0 Å². The highest BCUT2D eigenvalue weighted by Crippen LogP contribution is 2.04. The quantitative estimate of drug-likeness (QED) is 0.668. The second-order valence-electron chi connectivity index (χ2n) is 4.35. The molecule has 3 N–H and O–H groups in total. The third kappa shape index (κ3) is 3.80. The fourth-order valence-corrected chi connectivity index (χ4v) is 1.82. The number of nitrogens with one attached hydrogen (secondary N) is 2. The largest absolute Gasteiger partial charge is 0.389 e. The number of aliphatic hydroxyl groups excluding tert-OH is 1. The molecule has 2 atom stereocenters. The maximum atomic E-state index is 11.6. The molecular formula is C13H18N2O3. The maximum Gasteiger partial charge on any atom is 0.234 e. The number of hydrogen-bond donors (Lipinski definition) is 3. The molecule has 98 valence electrons. The lowest BCUT2D eigenvalue weighted by Gasteiger charge is -2.14. The maximum absolute atomic E-state index is 11.6. The molecule has 0 radical (unpaired) electrons. The molecule has 0 saturated carbocycles. The molecule has 0 aromatic heterocycles. The van der Waals surface area contributed by atoms with Crippen molar-refractivity contribution in [1.29, 1.82) is 0 Å². The number of ether oxygens (including phenoxy) is 1. The van der Waals surface area contributed by atoms with Gasteiger partial charge in [-0.05, 0) is 5.56 Å². The SMILES string of the molecule is O=C(CNC1COCC1O)NCc1ccccc1. The highest BCUT2D eigenvalue weighted by atomic mass is 16.5. The Morgan fingerprint density at radius 2 is 2.11 bits per heavy atom. The van der Waals surface area contributed by atoms with Crippen molar-refractivity contribution in [2.24, 2.45) is 0 Å². The zero-order chi connectivity index (χ0) is 12.8. The van der Waals surface area contributed by atoms with E-state index < -0.39 is 6.10 Å². The van der Waals surface area contributed by atoms with E-state index in [-0.39, 0.29) is 18.5 Å². The second kappa shape index (κ2) is 6.49. The molecule has 1 aliphatic rings. The van der Waals surface area contributed by atoms with Crippen LogP contribution in [0.5, 0.6) is 0 Å². The average Bonchev–Trinajstić information content (AvgIpc) is 2.81. The van der Waals surface area contributed by atoms with Crippen molar-refractivity contribution in [2.45, 2.75) is 18.7 Å². The summed E-state index contributed by atoms with van der Waals surface area (Å²) < 4.78 is 5.09. The van der Waals surface area contributed by atoms with Gasteiger partial charge in [0.05, 0.1) is 31.9 Å². The summed E-state index contributed by atoms with van der Waals surface area (Å²) in [5.74, 6) is -0.0852. The van der Waals surface area contributed by atoms with Gasteiger partial charge in [0.1, 0.15) is 0 Å². The Hall–Kier alpha value is -1.43. The molecule has 1 fully saturated rings. The summed E-state index contributed by atoms with van der Waals surface area (Å²) in [6.07, 6.45) is -0.521. The lowest BCUT2D eigenvalue weighted by Crippen LogP contribution is -2.44. The van der Waals surface area contributed by atoms with Crippen LogP contribution in [-0.2, 0) is 16.1 Å². The number of rotatable bonds is 5. The zero-order valence-electron chi connectivity index (χ0n) is 10.1. The van der Waals surface area contributed by atoms with Crippen LogP contribution in [0.15, 0.2) is 30.3 Å². The molecule has 5 nitrogen and oxygen atoms in total. The number of benzene rings is 1. The Morgan fingerprint density at radius 1 is 1.33 bits per heavy atom. The Bertz CT molecular complexity index is 383. The summed E-state index contributed by atoms with van der Waals surface area (Å²) in [5, 5.41) is 15.3. The van der Waals surface area contributed by atoms with Crippen LogP contribution in [0, 0.1) is 0 Å². The standard InChI is InChI=1S/C13H18N2O3/c16-12-9-18-8-11(12)14-7-13(17)15-6-10-4-2-1-3-5-10/h1-5,11-12,14,16H,6-9H2,(H,15,17). The number of carbonyl (C=O) groups is 1. The van der Waals surface area contributed by atoms with Gasteiger partial charge in [-0.2, -0.15) is 0 Å². The first kappa shape index (κ1) is 13.0. The number of aliphatic hydroxyl groups is 1. The van der Waals surface area contributed by atoms with Gasteiger partial charge in [-0.15, -0.1) is 0 Å². The van der Waals surface area contributed by atoms with Gasteiger partial charge in [0.15, 0.2) is 0 Å². The van der Waals surface area contributed by atoms with Crippen LogP contribution >= 0.6 is 0 Å². The normalized spacial score (nSPS) is 22.9. The summed E-state index contributed by atoms with van der Waals surface area (Å²) in [4.78, 5) is 11.6. The molecule has 1 aromatic carbocycles. The molecule has 1 aromatic rings. The van der Waals surface area contributed by atoms with E-state index in [4.69, 9.17) is 4.74 Å². The molecule has 1 amide bonds. The molecule has 2 unspecified atom stereocenters. The molecule has 1 heterocycles. The smallest absolute Gasteiger partial charge is 0.234 e. The first-order valence-corrected chi connectivity index (χ1v) is 6.05. The molecule has 0 spiro atoms. The molecule has 0 aliphatic carbocycles. The summed E-state index contributed by atoms with van der Waals surface area (Å²) in [7, 11) is 0. The van der Waals surface area contributed by atoms with E-state index in [1.807, 2.05) is 30.3 Å². The van der Waals surface area contributed by atoms with E-state index in [0.29, 0.717) is 19.8 Å². The van der Waals surface area contributed by atoms with Gasteiger partial charge in [0.2, 0.25) is 5.91 Å². The van der Waals surface area contributed by atoms with Gasteiger partial charge in [-0.1, -0.05) is 30.3 Å². The van der Waals surface area contributed by atoms with Gasteiger partial charge >= 0.3 is 0 Å². The van der Waals surface area contributed by atoms with Gasteiger partial charge in [-0.3, -0.25) is 4.79 Å². The lowest BCUT2D eigenvalue weighted by atomic mass is 10.2. The summed E-state index contributed by atoms with van der Waals surface area (Å²) in [5.41, 5.74) is 1.06. The van der Waals surface area contributed by atoms with Gasteiger partial charge in [-0.25, -0.2) is 0 Å². The summed E-state index contributed by atoms with van der Waals surface area (Å²) >= 11 is 0. The monoisotopic (exact) mass is 250 g/mol. The Balaban J connectivity index is 1.66. The van der Waals surface area contributed by atoms with Crippen molar-refractivity contribution >= 4 is 5.91 Å². The van der Waals surface area contributed by atoms with E-state index >= 15 is 0 Å². The van der Waals surface area contributed by atoms with Crippen LogP contribution in [0.25, 0.3) is 0 Å². The van der Waals surface area contributed by atoms with Crippen LogP contribution in [0.2, 0.25) is 0 Å². The lowest BCUT2D eigenvalue weighted by molar-refractivity contribution is -0.120. The molecule has 5 heteroatoms. The highest BCUT2D eigenvalue weighted by molar-refractivity contribution is 5.78. The van der Waals surface area contributed by atoms with Crippen molar-refractivity contribution in [3.63, 3.8) is 0 Å². The average molecular weight is 250 g/mol. The number of carbonyl (C=O) groups excluding carboxylic acids is 1. The van der Waals surface area contributed by atoms with Crippen LogP contribution in [0.4, 0.5) is 0 Å². The first-order chi connectivity index (χ1) is 8.75. The van der Waals surface area contributed by atoms with E-state index in [9.17, 15) is 9.90 Å². The second-order valence-corrected chi connectivity index (χ2v) is 4.35. The zero-order valence-corrected chi connectivity index (χ0v) is 10.1. The Labute approximate surface area is 106 Å². The predicted octanol–water partition coefficient (Wildman–Crippen LogP) is -0.348. The first-order valence-electron chi connectivity index (χ1n) is 6.05. The Kier molecular flexibility index (Phi) is 4.69. The number of amides is 1. The molecule has 0 bridgehead atoms. The van der Waals surface area contributed by atoms with Gasteiger partial charge in [0, 0.05) is 6.54 Å². The minimum Gasteiger partial charge on any atom is -0.389 e. The van der Waals surface area contributed by atoms with Crippen LogP contribution in [0.1, 0.15) is 5.56 Å². The molecule has 1 aliphatic heterocycles. The van der Waals surface area contributed by atoms with E-state index in [1.54, 1.807) is 0 Å². The summed E-state index contributed by atoms with van der Waals surface area (Å²) in [6.45, 7) is 1.50. The topological polar surface area (TPSA) is 70.6 Å². The van der Waals surface area contributed by atoms with Crippen LogP contribution < -0.4 is 10.6 Å². The minimum atomic E-state index is -0.521. The highest BCUT2D eigenvalue weighted by Gasteiger charge is 2.25. The molecule has 18 heavy (non-hydrogen) atoms. The third-order valence-corrected chi connectivity index (χ3v) is 2.91. The van der Waals surface area contributed by atoms with Crippen LogP contribution in [-0.4, -0.2) is 42.9 Å². The van der Waals surface area contributed by atoms with Gasteiger partial charge in [0.25, 0.3) is 0 Å². The summed E-state index contributed by atoms with van der Waals surface area (Å²) in [6, 6.07) is 9.59. The fourth-order valence-electron chi connectivity index (χ4n) is 1.82. The fraction of sp³-hybridized carbons (Fsp3) is 0.462. The molecular weight excluding hydrogens is 232 g/mol. The predicted molar refractivity (Wildman–Crippen MR) is 66.9 cm³/mol. The van der Waals surface area contributed by atoms with Crippen molar-refractivity contribution in [1.82, 2.24) is 10.6 Å². The van der Waals surface area contributed by atoms with Crippen molar-refractivity contribution in [3.05, 3.63) is 35.9 Å². The van der Waals surface area contributed by atoms with Gasteiger partial charge < -0.3 is 20.5 Å². The molecule has 2 rings (SSSR count). The minimum absolute atomic E-state index is 0.0852. The Morgan fingerprint density at radius 3 is 2.78 bits per heavy atom. The van der Waals surface area contributed by atoms with Crippen molar-refractivity contribution in [3.8, 4) is 0 Å². The molecule has 1 saturated heterocycles. The van der Waals surface area contributed by atoms with Crippen molar-refractivity contribution in [2.75, 3.05) is 19.8 Å².